The number of ether oxygens (including phenoxy) is 1. The average molecular weight is 502 g/mol. The second-order valence-electron chi connectivity index (χ2n) is 8.44. The van der Waals surface area contributed by atoms with E-state index in [4.69, 9.17) is 4.74 Å². The zero-order valence-corrected chi connectivity index (χ0v) is 20.7. The molecule has 0 bridgehead atoms. The van der Waals surface area contributed by atoms with E-state index in [-0.39, 0.29) is 16.9 Å². The molecular formula is C24H27N3O5S2. The smallest absolute Gasteiger partial charge is 0.253 e. The summed E-state index contributed by atoms with van der Waals surface area (Å²) in [5, 5.41) is 4.31. The first-order valence-corrected chi connectivity index (χ1v) is 13.5. The topological polar surface area (TPSA) is 118 Å². The van der Waals surface area contributed by atoms with Crippen LogP contribution in [0.3, 0.4) is 0 Å². The van der Waals surface area contributed by atoms with E-state index in [2.05, 4.69) is 15.3 Å². The minimum absolute atomic E-state index is 0.0256. The fourth-order valence-electron chi connectivity index (χ4n) is 4.41. The van der Waals surface area contributed by atoms with Crippen LogP contribution in [0.15, 0.2) is 51.6 Å². The fourth-order valence-corrected chi connectivity index (χ4v) is 7.14. The van der Waals surface area contributed by atoms with Crippen LogP contribution in [0.1, 0.15) is 48.4 Å². The third-order valence-electron chi connectivity index (χ3n) is 6.14. The summed E-state index contributed by atoms with van der Waals surface area (Å²) in [5.41, 5.74) is 0.616. The molecule has 1 amide bonds. The van der Waals surface area contributed by atoms with E-state index >= 15 is 0 Å². The number of hydrogen-bond donors (Lipinski definition) is 2. The summed E-state index contributed by atoms with van der Waals surface area (Å²) in [5.74, 6) is -0.860. The number of methoxy groups -OCH3 is 1. The molecule has 2 aromatic heterocycles. The number of pyridine rings is 1. The predicted molar refractivity (Wildman–Crippen MR) is 131 cm³/mol. The molecule has 3 aromatic rings. The van der Waals surface area contributed by atoms with Crippen LogP contribution in [0, 0.1) is 6.92 Å². The van der Waals surface area contributed by atoms with Crippen LogP contribution in [0.25, 0.3) is 0 Å². The number of aromatic nitrogens is 2. The van der Waals surface area contributed by atoms with Crippen molar-refractivity contribution in [2.75, 3.05) is 12.4 Å². The molecule has 1 saturated carbocycles. The quantitative estimate of drug-likeness (QED) is 0.484. The van der Waals surface area contributed by atoms with Crippen molar-refractivity contribution in [3.8, 4) is 5.75 Å². The van der Waals surface area contributed by atoms with Crippen molar-refractivity contribution >= 4 is 32.2 Å². The molecule has 1 fully saturated rings. The molecule has 8 nitrogen and oxygen atoms in total. The SMILES string of the molecule is COc1ccc(CC(C(=O)Nc2nccs2)c2c(S(=O)(=O)C3CCCC3)cc(C)[nH]c2=O)cc1. The molecule has 0 radical (unpaired) electrons. The average Bonchev–Trinajstić information content (AvgIpc) is 3.53. The number of carbonyl (C=O) groups is 1. The molecule has 1 unspecified atom stereocenters. The summed E-state index contributed by atoms with van der Waals surface area (Å²) < 4.78 is 32.5. The Labute approximate surface area is 202 Å². The number of sulfone groups is 1. The lowest BCUT2D eigenvalue weighted by molar-refractivity contribution is -0.117. The number of thiazole rings is 1. The molecule has 1 atom stereocenters. The maximum Gasteiger partial charge on any atom is 0.253 e. The van der Waals surface area contributed by atoms with Crippen LogP contribution in [0.5, 0.6) is 5.75 Å². The van der Waals surface area contributed by atoms with Crippen molar-refractivity contribution < 1.29 is 17.9 Å². The zero-order valence-electron chi connectivity index (χ0n) is 19.0. The number of aryl methyl sites for hydroxylation is 1. The number of nitrogens with one attached hydrogen (secondary N) is 2. The fraction of sp³-hybridized carbons (Fsp3) is 0.375. The van der Waals surface area contributed by atoms with E-state index in [1.165, 1.54) is 17.4 Å². The van der Waals surface area contributed by atoms with Gasteiger partial charge in [-0.2, -0.15) is 0 Å². The van der Waals surface area contributed by atoms with E-state index < -0.39 is 32.5 Å². The van der Waals surface area contributed by atoms with Gasteiger partial charge in [-0.15, -0.1) is 11.3 Å². The third-order valence-corrected chi connectivity index (χ3v) is 9.13. The van der Waals surface area contributed by atoms with Crippen LogP contribution < -0.4 is 15.6 Å². The summed E-state index contributed by atoms with van der Waals surface area (Å²) in [6.07, 6.45) is 4.49. The molecule has 1 aromatic carbocycles. The molecule has 2 N–H and O–H groups in total. The Morgan fingerprint density at radius 3 is 2.59 bits per heavy atom. The van der Waals surface area contributed by atoms with Crippen LogP contribution in [-0.2, 0) is 21.1 Å². The Hall–Kier alpha value is -2.98. The molecule has 180 valence electrons. The third kappa shape index (κ3) is 5.07. The van der Waals surface area contributed by atoms with Crippen molar-refractivity contribution in [1.82, 2.24) is 9.97 Å². The van der Waals surface area contributed by atoms with E-state index in [1.54, 1.807) is 49.9 Å². The summed E-state index contributed by atoms with van der Waals surface area (Å²) in [4.78, 5) is 33.4. The number of anilines is 1. The maximum atomic E-state index is 13.6. The monoisotopic (exact) mass is 501 g/mol. The molecule has 10 heteroatoms. The highest BCUT2D eigenvalue weighted by molar-refractivity contribution is 7.92. The number of benzene rings is 1. The number of carbonyl (C=O) groups excluding carboxylic acids is 1. The molecule has 1 aliphatic carbocycles. The van der Waals surface area contributed by atoms with Gasteiger partial charge in [0.15, 0.2) is 15.0 Å². The minimum atomic E-state index is -3.79. The number of aromatic amines is 1. The van der Waals surface area contributed by atoms with Gasteiger partial charge in [0, 0.05) is 22.8 Å². The predicted octanol–water partition coefficient (Wildman–Crippen LogP) is 3.83. The highest BCUT2D eigenvalue weighted by Gasteiger charge is 2.37. The Kier molecular flexibility index (Phi) is 7.18. The number of amides is 1. The zero-order chi connectivity index (χ0) is 24.3. The molecular weight excluding hydrogens is 474 g/mol. The van der Waals surface area contributed by atoms with Crippen LogP contribution in [0.2, 0.25) is 0 Å². The van der Waals surface area contributed by atoms with Gasteiger partial charge >= 0.3 is 0 Å². The summed E-state index contributed by atoms with van der Waals surface area (Å²) in [6.45, 7) is 1.65. The number of H-pyrrole nitrogens is 1. The second-order valence-corrected chi connectivity index (χ2v) is 11.5. The van der Waals surface area contributed by atoms with Crippen LogP contribution in [0.4, 0.5) is 5.13 Å². The highest BCUT2D eigenvalue weighted by atomic mass is 32.2. The summed E-state index contributed by atoms with van der Waals surface area (Å²) in [6, 6.07) is 8.62. The Balaban J connectivity index is 1.82. The first kappa shape index (κ1) is 24.2. The number of rotatable bonds is 8. The molecule has 0 saturated heterocycles. The molecule has 2 heterocycles. The Morgan fingerprint density at radius 2 is 1.97 bits per heavy atom. The van der Waals surface area contributed by atoms with Gasteiger partial charge < -0.3 is 15.0 Å². The van der Waals surface area contributed by atoms with Gasteiger partial charge in [-0.1, -0.05) is 25.0 Å². The van der Waals surface area contributed by atoms with E-state index in [9.17, 15) is 18.0 Å². The lowest BCUT2D eigenvalue weighted by Gasteiger charge is -2.21. The van der Waals surface area contributed by atoms with Gasteiger partial charge in [-0.05, 0) is 49.9 Å². The van der Waals surface area contributed by atoms with Crippen molar-refractivity contribution in [2.24, 2.45) is 0 Å². The first-order valence-electron chi connectivity index (χ1n) is 11.1. The maximum absolute atomic E-state index is 13.6. The van der Waals surface area contributed by atoms with Crippen molar-refractivity contribution in [2.45, 2.75) is 55.1 Å². The summed E-state index contributed by atoms with van der Waals surface area (Å²) >= 11 is 1.25. The molecule has 0 aliphatic heterocycles. The van der Waals surface area contributed by atoms with Gasteiger partial charge in [0.1, 0.15) is 5.75 Å². The van der Waals surface area contributed by atoms with Crippen LogP contribution >= 0.6 is 11.3 Å². The largest absolute Gasteiger partial charge is 0.497 e. The van der Waals surface area contributed by atoms with Gasteiger partial charge in [-0.3, -0.25) is 9.59 Å². The molecule has 0 spiro atoms. The Bertz CT molecular complexity index is 1310. The van der Waals surface area contributed by atoms with Crippen molar-refractivity contribution in [1.29, 1.82) is 0 Å². The van der Waals surface area contributed by atoms with E-state index in [1.807, 2.05) is 0 Å². The minimum Gasteiger partial charge on any atom is -0.497 e. The molecule has 1 aliphatic rings. The van der Waals surface area contributed by atoms with Crippen LogP contribution in [-0.4, -0.2) is 36.7 Å². The highest BCUT2D eigenvalue weighted by Crippen LogP contribution is 2.34. The molecule has 4 rings (SSSR count). The van der Waals surface area contributed by atoms with Gasteiger partial charge in [0.2, 0.25) is 5.91 Å². The first-order chi connectivity index (χ1) is 16.3. The standard InChI is InChI=1S/C24H27N3O5S2/c1-15-13-20(34(30,31)18-5-3-4-6-18)21(23(29)26-15)19(22(28)27-24-25-11-12-33-24)14-16-7-9-17(32-2)10-8-16/h7-13,18-19H,3-6,14H2,1-2H3,(H,26,29)(H,25,27,28). The van der Waals surface area contributed by atoms with Crippen molar-refractivity contribution in [3.05, 3.63) is 69.1 Å². The normalized spacial score (nSPS) is 15.2. The van der Waals surface area contributed by atoms with E-state index in [0.717, 1.165) is 18.4 Å². The Morgan fingerprint density at radius 1 is 1.26 bits per heavy atom. The number of nitrogens with zero attached hydrogens (tertiary/aromatic N) is 1. The van der Waals surface area contributed by atoms with Gasteiger partial charge in [-0.25, -0.2) is 13.4 Å². The molecule has 34 heavy (non-hydrogen) atoms. The van der Waals surface area contributed by atoms with Gasteiger partial charge in [0.05, 0.1) is 23.2 Å². The van der Waals surface area contributed by atoms with E-state index in [0.29, 0.717) is 29.4 Å². The lowest BCUT2D eigenvalue weighted by atomic mass is 9.91. The van der Waals surface area contributed by atoms with Gasteiger partial charge in [0.25, 0.3) is 5.56 Å². The number of hydrogen-bond acceptors (Lipinski definition) is 7. The summed E-state index contributed by atoms with van der Waals surface area (Å²) in [7, 11) is -2.23. The lowest BCUT2D eigenvalue weighted by Crippen LogP contribution is -2.32. The second kappa shape index (κ2) is 10.1. The van der Waals surface area contributed by atoms with Crippen molar-refractivity contribution in [3.63, 3.8) is 0 Å².